The number of hydrogen-bond acceptors (Lipinski definition) is 2. The smallest absolute Gasteiger partial charge is 0.224 e. The highest BCUT2D eigenvalue weighted by Gasteiger charge is 2.28. The van der Waals surface area contributed by atoms with E-state index in [1.807, 2.05) is 19.1 Å². The fraction of sp³-hybridized carbons (Fsp3) is 0.611. The molecule has 1 aromatic rings. The predicted molar refractivity (Wildman–Crippen MR) is 89.1 cm³/mol. The summed E-state index contributed by atoms with van der Waals surface area (Å²) in [5.74, 6) is 0.989. The summed E-state index contributed by atoms with van der Waals surface area (Å²) in [4.78, 5) is 12.2. The van der Waals surface area contributed by atoms with Crippen LogP contribution in [0.4, 0.5) is 0 Å². The van der Waals surface area contributed by atoms with Crippen LogP contribution in [-0.4, -0.2) is 18.0 Å². The third kappa shape index (κ3) is 5.50. The van der Waals surface area contributed by atoms with E-state index in [0.717, 1.165) is 12.0 Å². The third-order valence-corrected chi connectivity index (χ3v) is 4.15. The first-order chi connectivity index (χ1) is 9.76. The Morgan fingerprint density at radius 3 is 2.10 bits per heavy atom. The number of carbonyl (C=O) groups excluding carboxylic acids is 1. The van der Waals surface area contributed by atoms with Gasteiger partial charge in [-0.2, -0.15) is 0 Å². The summed E-state index contributed by atoms with van der Waals surface area (Å²) < 4.78 is 0. The van der Waals surface area contributed by atoms with Gasteiger partial charge in [-0.1, -0.05) is 52.0 Å². The Balaban J connectivity index is 2.62. The summed E-state index contributed by atoms with van der Waals surface area (Å²) in [6.07, 6.45) is 1.48. The minimum atomic E-state index is -0.339. The van der Waals surface area contributed by atoms with Crippen molar-refractivity contribution < 1.29 is 4.79 Å². The van der Waals surface area contributed by atoms with Crippen LogP contribution in [0.2, 0.25) is 0 Å². The van der Waals surface area contributed by atoms with Crippen molar-refractivity contribution in [2.75, 3.05) is 6.54 Å². The van der Waals surface area contributed by atoms with Crippen molar-refractivity contribution >= 4 is 5.91 Å². The van der Waals surface area contributed by atoms with E-state index in [1.54, 1.807) is 0 Å². The lowest BCUT2D eigenvalue weighted by atomic mass is 9.88. The molecule has 1 aromatic carbocycles. The molecular formula is C18H30N2O. The summed E-state index contributed by atoms with van der Waals surface area (Å²) in [5.41, 5.74) is 7.83. The summed E-state index contributed by atoms with van der Waals surface area (Å²) in [5, 5.41) is 3.07. The van der Waals surface area contributed by atoms with E-state index in [4.69, 9.17) is 5.73 Å². The average molecular weight is 290 g/mol. The zero-order chi connectivity index (χ0) is 16.0. The second-order valence-electron chi connectivity index (χ2n) is 6.92. The molecule has 3 heteroatoms. The van der Waals surface area contributed by atoms with Gasteiger partial charge in [0, 0.05) is 6.54 Å². The van der Waals surface area contributed by atoms with Gasteiger partial charge >= 0.3 is 0 Å². The minimum Gasteiger partial charge on any atom is -0.349 e. The molecule has 0 spiro atoms. The summed E-state index contributed by atoms with van der Waals surface area (Å²) >= 11 is 0. The molecule has 0 aliphatic heterocycles. The van der Waals surface area contributed by atoms with Crippen LogP contribution in [-0.2, 0) is 17.6 Å². The van der Waals surface area contributed by atoms with Gasteiger partial charge < -0.3 is 11.1 Å². The molecule has 0 saturated heterocycles. The summed E-state index contributed by atoms with van der Waals surface area (Å²) in [6.45, 7) is 11.0. The van der Waals surface area contributed by atoms with E-state index in [0.29, 0.717) is 24.8 Å². The van der Waals surface area contributed by atoms with Gasteiger partial charge in [-0.25, -0.2) is 0 Å². The largest absolute Gasteiger partial charge is 0.349 e. The van der Waals surface area contributed by atoms with Crippen LogP contribution in [0.5, 0.6) is 0 Å². The van der Waals surface area contributed by atoms with Crippen molar-refractivity contribution in [2.45, 2.75) is 53.0 Å². The average Bonchev–Trinajstić information content (AvgIpc) is 2.40. The number of nitrogens with two attached hydrogens (primary N) is 1. The molecule has 0 saturated carbocycles. The lowest BCUT2D eigenvalue weighted by Crippen LogP contribution is -2.55. The van der Waals surface area contributed by atoms with E-state index in [1.165, 1.54) is 5.56 Å². The van der Waals surface area contributed by atoms with Gasteiger partial charge in [0.1, 0.15) is 0 Å². The molecule has 3 N–H and O–H groups in total. The van der Waals surface area contributed by atoms with Crippen molar-refractivity contribution in [3.8, 4) is 0 Å². The molecule has 1 atom stereocenters. The Morgan fingerprint density at radius 2 is 1.67 bits per heavy atom. The molecule has 0 fully saturated rings. The van der Waals surface area contributed by atoms with Crippen LogP contribution in [0.3, 0.4) is 0 Å². The van der Waals surface area contributed by atoms with Gasteiger partial charge in [-0.05, 0) is 36.3 Å². The fourth-order valence-corrected chi connectivity index (χ4v) is 2.24. The Labute approximate surface area is 129 Å². The van der Waals surface area contributed by atoms with Crippen molar-refractivity contribution in [2.24, 2.45) is 17.6 Å². The van der Waals surface area contributed by atoms with Crippen LogP contribution in [0.25, 0.3) is 0 Å². The molecule has 1 rings (SSSR count). The van der Waals surface area contributed by atoms with E-state index < -0.39 is 0 Å². The van der Waals surface area contributed by atoms with Gasteiger partial charge in [0.25, 0.3) is 0 Å². The van der Waals surface area contributed by atoms with Crippen molar-refractivity contribution in [1.29, 1.82) is 0 Å². The number of rotatable bonds is 7. The zero-order valence-corrected chi connectivity index (χ0v) is 14.1. The van der Waals surface area contributed by atoms with Crippen LogP contribution in [0, 0.1) is 11.8 Å². The molecule has 0 heterocycles. The highest BCUT2D eigenvalue weighted by molar-refractivity contribution is 5.79. The van der Waals surface area contributed by atoms with Gasteiger partial charge in [0.15, 0.2) is 0 Å². The predicted octanol–water partition coefficient (Wildman–Crippen LogP) is 2.92. The third-order valence-electron chi connectivity index (χ3n) is 4.15. The van der Waals surface area contributed by atoms with Crippen LogP contribution in [0.1, 0.15) is 45.7 Å². The molecule has 1 amide bonds. The molecule has 0 aliphatic rings. The lowest BCUT2D eigenvalue weighted by molar-refractivity contribution is -0.122. The molecule has 0 radical (unpaired) electrons. The molecular weight excluding hydrogens is 260 g/mol. The topological polar surface area (TPSA) is 55.1 Å². The van der Waals surface area contributed by atoms with E-state index in [9.17, 15) is 4.79 Å². The molecule has 21 heavy (non-hydrogen) atoms. The van der Waals surface area contributed by atoms with Gasteiger partial charge in [0.2, 0.25) is 5.91 Å². The quantitative estimate of drug-likeness (QED) is 0.811. The number of carbonyl (C=O) groups is 1. The fourth-order valence-electron chi connectivity index (χ4n) is 2.24. The standard InChI is InChI=1S/C18H30N2O/c1-13(2)10-15-6-8-16(9-7-15)11-17(21)20-18(5,12-19)14(3)4/h6-9,13-14H,10-12,19H2,1-5H3,(H,20,21). The number of nitrogens with one attached hydrogen (secondary N) is 1. The van der Waals surface area contributed by atoms with Crippen molar-refractivity contribution in [3.05, 3.63) is 35.4 Å². The Hall–Kier alpha value is -1.35. The maximum absolute atomic E-state index is 12.2. The minimum absolute atomic E-state index is 0.0354. The van der Waals surface area contributed by atoms with Crippen molar-refractivity contribution in [1.82, 2.24) is 5.32 Å². The number of hydrogen-bond donors (Lipinski definition) is 2. The first-order valence-corrected chi connectivity index (χ1v) is 7.85. The number of amides is 1. The molecule has 1 unspecified atom stereocenters. The number of benzene rings is 1. The van der Waals surface area contributed by atoms with Crippen LogP contribution in [0.15, 0.2) is 24.3 Å². The normalized spacial score (nSPS) is 14.3. The van der Waals surface area contributed by atoms with E-state index in [2.05, 4.69) is 45.1 Å². The van der Waals surface area contributed by atoms with E-state index in [-0.39, 0.29) is 11.4 Å². The summed E-state index contributed by atoms with van der Waals surface area (Å²) in [7, 11) is 0. The van der Waals surface area contributed by atoms with E-state index >= 15 is 0 Å². The molecule has 0 bridgehead atoms. The molecule has 3 nitrogen and oxygen atoms in total. The SMILES string of the molecule is CC(C)Cc1ccc(CC(=O)NC(C)(CN)C(C)C)cc1. The highest BCUT2D eigenvalue weighted by Crippen LogP contribution is 2.15. The Morgan fingerprint density at radius 1 is 1.14 bits per heavy atom. The second-order valence-corrected chi connectivity index (χ2v) is 6.92. The maximum Gasteiger partial charge on any atom is 0.224 e. The van der Waals surface area contributed by atoms with Crippen LogP contribution >= 0.6 is 0 Å². The van der Waals surface area contributed by atoms with Gasteiger partial charge in [-0.15, -0.1) is 0 Å². The van der Waals surface area contributed by atoms with Crippen LogP contribution < -0.4 is 11.1 Å². The maximum atomic E-state index is 12.2. The first-order valence-electron chi connectivity index (χ1n) is 7.85. The Kier molecular flexibility index (Phi) is 6.41. The zero-order valence-electron chi connectivity index (χ0n) is 14.1. The van der Waals surface area contributed by atoms with Gasteiger partial charge in [0.05, 0.1) is 12.0 Å². The van der Waals surface area contributed by atoms with Crippen molar-refractivity contribution in [3.63, 3.8) is 0 Å². The first kappa shape index (κ1) is 17.7. The monoisotopic (exact) mass is 290 g/mol. The second kappa shape index (κ2) is 7.60. The molecule has 118 valence electrons. The van der Waals surface area contributed by atoms with Gasteiger partial charge in [-0.3, -0.25) is 4.79 Å². The molecule has 0 aromatic heterocycles. The lowest BCUT2D eigenvalue weighted by Gasteiger charge is -2.33. The molecule has 0 aliphatic carbocycles. The Bertz CT molecular complexity index is 451. The highest BCUT2D eigenvalue weighted by atomic mass is 16.1. The summed E-state index contributed by atoms with van der Waals surface area (Å²) in [6, 6.07) is 8.33.